The van der Waals surface area contributed by atoms with Crippen LogP contribution in [-0.4, -0.2) is 29.4 Å². The third kappa shape index (κ3) is 3.78. The van der Waals surface area contributed by atoms with Crippen molar-refractivity contribution in [3.8, 4) is 0 Å². The van der Waals surface area contributed by atoms with Gasteiger partial charge in [0.15, 0.2) is 0 Å². The van der Waals surface area contributed by atoms with Crippen LogP contribution in [0.3, 0.4) is 0 Å². The van der Waals surface area contributed by atoms with Crippen molar-refractivity contribution in [2.45, 2.75) is 13.5 Å². The Morgan fingerprint density at radius 3 is 2.81 bits per heavy atom. The van der Waals surface area contributed by atoms with Crippen LogP contribution in [0.2, 0.25) is 0 Å². The minimum atomic E-state index is -0.305. The quantitative estimate of drug-likeness (QED) is 0.919. The van der Waals surface area contributed by atoms with Crippen molar-refractivity contribution < 1.29 is 9.18 Å². The van der Waals surface area contributed by atoms with Crippen molar-refractivity contribution >= 4 is 11.7 Å². The second kappa shape index (κ2) is 6.83. The normalized spacial score (nSPS) is 10.2. The SMILES string of the molecule is CCNc1cc(C(=O)N(C)Cc2ccccc2F)ccn1. The van der Waals surface area contributed by atoms with Crippen LogP contribution in [0.15, 0.2) is 42.6 Å². The summed E-state index contributed by atoms with van der Waals surface area (Å²) in [7, 11) is 1.65. The molecule has 1 aromatic heterocycles. The van der Waals surface area contributed by atoms with E-state index < -0.39 is 0 Å². The Balaban J connectivity index is 2.12. The predicted octanol–water partition coefficient (Wildman–Crippen LogP) is 2.92. The lowest BCUT2D eigenvalue weighted by Gasteiger charge is -2.18. The van der Waals surface area contributed by atoms with Gasteiger partial charge in [0.1, 0.15) is 11.6 Å². The molecule has 21 heavy (non-hydrogen) atoms. The van der Waals surface area contributed by atoms with Crippen molar-refractivity contribution in [3.63, 3.8) is 0 Å². The lowest BCUT2D eigenvalue weighted by Crippen LogP contribution is -2.26. The molecule has 4 nitrogen and oxygen atoms in total. The van der Waals surface area contributed by atoms with Crippen LogP contribution in [0.25, 0.3) is 0 Å². The van der Waals surface area contributed by atoms with Gasteiger partial charge in [0, 0.05) is 37.5 Å². The van der Waals surface area contributed by atoms with Crippen molar-refractivity contribution in [2.24, 2.45) is 0 Å². The van der Waals surface area contributed by atoms with Crippen LogP contribution in [0.4, 0.5) is 10.2 Å². The summed E-state index contributed by atoms with van der Waals surface area (Å²) in [4.78, 5) is 18.0. The topological polar surface area (TPSA) is 45.2 Å². The highest BCUT2D eigenvalue weighted by molar-refractivity contribution is 5.94. The van der Waals surface area contributed by atoms with E-state index in [9.17, 15) is 9.18 Å². The van der Waals surface area contributed by atoms with Gasteiger partial charge in [-0.2, -0.15) is 0 Å². The Morgan fingerprint density at radius 1 is 1.33 bits per heavy atom. The molecule has 0 atom stereocenters. The Bertz CT molecular complexity index is 630. The molecule has 0 bridgehead atoms. The van der Waals surface area contributed by atoms with E-state index in [4.69, 9.17) is 0 Å². The first-order valence-electron chi connectivity index (χ1n) is 6.80. The van der Waals surface area contributed by atoms with Crippen LogP contribution in [0.5, 0.6) is 0 Å². The first-order chi connectivity index (χ1) is 10.1. The average molecular weight is 287 g/mol. The number of hydrogen-bond acceptors (Lipinski definition) is 3. The van der Waals surface area contributed by atoms with Gasteiger partial charge in [0.2, 0.25) is 0 Å². The molecule has 1 N–H and O–H groups in total. The van der Waals surface area contributed by atoms with Crippen LogP contribution in [0, 0.1) is 5.82 Å². The van der Waals surface area contributed by atoms with Crippen molar-refractivity contribution in [1.29, 1.82) is 0 Å². The maximum Gasteiger partial charge on any atom is 0.254 e. The second-order valence-electron chi connectivity index (χ2n) is 4.71. The highest BCUT2D eigenvalue weighted by atomic mass is 19.1. The standard InChI is InChI=1S/C16H18FN3O/c1-3-18-15-10-12(8-9-19-15)16(21)20(2)11-13-6-4-5-7-14(13)17/h4-10H,3,11H2,1-2H3,(H,18,19). The van der Waals surface area contributed by atoms with Gasteiger partial charge in [0.25, 0.3) is 5.91 Å². The van der Waals surface area contributed by atoms with Crippen molar-refractivity contribution in [1.82, 2.24) is 9.88 Å². The van der Waals surface area contributed by atoms with Gasteiger partial charge in [-0.25, -0.2) is 9.37 Å². The number of carbonyl (C=O) groups is 1. The summed E-state index contributed by atoms with van der Waals surface area (Å²) in [5.41, 5.74) is 1.02. The molecule has 0 fully saturated rings. The predicted molar refractivity (Wildman–Crippen MR) is 80.6 cm³/mol. The zero-order chi connectivity index (χ0) is 15.2. The monoisotopic (exact) mass is 287 g/mol. The van der Waals surface area contributed by atoms with Gasteiger partial charge in [-0.05, 0) is 25.1 Å². The number of pyridine rings is 1. The summed E-state index contributed by atoms with van der Waals surface area (Å²) in [5, 5.41) is 3.06. The van der Waals surface area contributed by atoms with E-state index in [2.05, 4.69) is 10.3 Å². The number of nitrogens with one attached hydrogen (secondary N) is 1. The van der Waals surface area contributed by atoms with E-state index in [1.54, 1.807) is 43.6 Å². The fourth-order valence-electron chi connectivity index (χ4n) is 2.02. The number of halogens is 1. The number of benzene rings is 1. The summed E-state index contributed by atoms with van der Waals surface area (Å²) < 4.78 is 13.6. The molecule has 1 heterocycles. The number of aromatic nitrogens is 1. The first kappa shape index (κ1) is 15.0. The summed E-state index contributed by atoms with van der Waals surface area (Å²) in [6, 6.07) is 9.81. The van der Waals surface area contributed by atoms with Crippen LogP contribution in [0.1, 0.15) is 22.8 Å². The van der Waals surface area contributed by atoms with E-state index in [0.717, 1.165) is 6.54 Å². The fourth-order valence-corrected chi connectivity index (χ4v) is 2.02. The molecule has 0 saturated heterocycles. The second-order valence-corrected chi connectivity index (χ2v) is 4.71. The van der Waals surface area contributed by atoms with Crippen LogP contribution in [-0.2, 0) is 6.54 Å². The fraction of sp³-hybridized carbons (Fsp3) is 0.250. The Morgan fingerprint density at radius 2 is 2.10 bits per heavy atom. The number of nitrogens with zero attached hydrogens (tertiary/aromatic N) is 2. The molecule has 110 valence electrons. The molecule has 2 aromatic rings. The number of amides is 1. The molecule has 1 aromatic carbocycles. The zero-order valence-corrected chi connectivity index (χ0v) is 12.1. The molecule has 0 aliphatic rings. The average Bonchev–Trinajstić information content (AvgIpc) is 2.49. The molecule has 0 unspecified atom stereocenters. The lowest BCUT2D eigenvalue weighted by molar-refractivity contribution is 0.0784. The maximum absolute atomic E-state index is 13.6. The first-order valence-corrected chi connectivity index (χ1v) is 6.80. The molecular weight excluding hydrogens is 269 g/mol. The van der Waals surface area contributed by atoms with Gasteiger partial charge in [0.05, 0.1) is 0 Å². The number of carbonyl (C=O) groups excluding carboxylic acids is 1. The molecule has 5 heteroatoms. The van der Waals surface area contributed by atoms with Crippen molar-refractivity contribution in [3.05, 3.63) is 59.5 Å². The molecule has 0 aliphatic heterocycles. The summed E-state index contributed by atoms with van der Waals surface area (Å²) in [6.45, 7) is 2.92. The largest absolute Gasteiger partial charge is 0.370 e. The van der Waals surface area contributed by atoms with Gasteiger partial charge < -0.3 is 10.2 Å². The Labute approximate surface area is 123 Å². The van der Waals surface area contributed by atoms with E-state index >= 15 is 0 Å². The van der Waals surface area contributed by atoms with Gasteiger partial charge in [-0.1, -0.05) is 18.2 Å². The molecular formula is C16H18FN3O. The minimum Gasteiger partial charge on any atom is -0.370 e. The smallest absolute Gasteiger partial charge is 0.254 e. The molecule has 0 radical (unpaired) electrons. The van der Waals surface area contributed by atoms with Crippen molar-refractivity contribution in [2.75, 3.05) is 18.9 Å². The van der Waals surface area contributed by atoms with E-state index in [1.807, 2.05) is 6.92 Å². The molecule has 0 aliphatic carbocycles. The zero-order valence-electron chi connectivity index (χ0n) is 12.1. The molecule has 0 spiro atoms. The van der Waals surface area contributed by atoms with Gasteiger partial charge in [-0.3, -0.25) is 4.79 Å². The van der Waals surface area contributed by atoms with Gasteiger partial charge in [-0.15, -0.1) is 0 Å². The van der Waals surface area contributed by atoms with E-state index in [-0.39, 0.29) is 18.3 Å². The number of hydrogen-bond donors (Lipinski definition) is 1. The Hall–Kier alpha value is -2.43. The minimum absolute atomic E-state index is 0.167. The number of rotatable bonds is 5. The summed E-state index contributed by atoms with van der Waals surface area (Å²) in [6.07, 6.45) is 1.59. The number of anilines is 1. The highest BCUT2D eigenvalue weighted by Crippen LogP contribution is 2.13. The molecule has 2 rings (SSSR count). The van der Waals surface area contributed by atoms with Crippen LogP contribution >= 0.6 is 0 Å². The molecule has 1 amide bonds. The lowest BCUT2D eigenvalue weighted by atomic mass is 10.2. The Kier molecular flexibility index (Phi) is 4.87. The summed E-state index contributed by atoms with van der Waals surface area (Å²) >= 11 is 0. The summed E-state index contributed by atoms with van der Waals surface area (Å²) in [5.74, 6) is 0.183. The third-order valence-electron chi connectivity index (χ3n) is 3.08. The highest BCUT2D eigenvalue weighted by Gasteiger charge is 2.14. The van der Waals surface area contributed by atoms with Crippen LogP contribution < -0.4 is 5.32 Å². The molecule has 0 saturated carbocycles. The maximum atomic E-state index is 13.6. The van der Waals surface area contributed by atoms with E-state index in [0.29, 0.717) is 16.9 Å². The third-order valence-corrected chi connectivity index (χ3v) is 3.08. The van der Waals surface area contributed by atoms with Gasteiger partial charge >= 0.3 is 0 Å². The van der Waals surface area contributed by atoms with E-state index in [1.165, 1.54) is 11.0 Å².